The molecule has 1 N–H and O–H groups in total. The van der Waals surface area contributed by atoms with Crippen molar-refractivity contribution in [3.63, 3.8) is 0 Å². The van der Waals surface area contributed by atoms with Crippen LogP contribution in [0.3, 0.4) is 0 Å². The van der Waals surface area contributed by atoms with E-state index < -0.39 is 8.07 Å². The third kappa shape index (κ3) is 4.50. The summed E-state index contributed by atoms with van der Waals surface area (Å²) in [5.41, 5.74) is 3.83. The summed E-state index contributed by atoms with van der Waals surface area (Å²) in [6.07, 6.45) is 0. The fraction of sp³-hybridized carbons (Fsp3) is 0.273. The van der Waals surface area contributed by atoms with E-state index >= 15 is 0 Å². The molecule has 0 aliphatic carbocycles. The Balaban J connectivity index is 2.73. The van der Waals surface area contributed by atoms with Crippen LogP contribution in [0.25, 0.3) is 0 Å². The fourth-order valence-electron chi connectivity index (χ4n) is 0.865. The van der Waals surface area contributed by atoms with Crippen LogP contribution in [0.4, 0.5) is 10.1 Å². The lowest BCUT2D eigenvalue weighted by atomic mass is 10.3. The van der Waals surface area contributed by atoms with Crippen molar-refractivity contribution in [3.05, 3.63) is 28.5 Å². The maximum Gasteiger partial charge on any atom is 0.139 e. The Morgan fingerprint density at radius 1 is 1.33 bits per heavy atom. The molecule has 0 atom stereocenters. The van der Waals surface area contributed by atoms with Gasteiger partial charge in [0.2, 0.25) is 0 Å². The van der Waals surface area contributed by atoms with Crippen molar-refractivity contribution in [2.24, 2.45) is 0 Å². The van der Waals surface area contributed by atoms with Crippen molar-refractivity contribution in [3.8, 4) is 11.6 Å². The highest BCUT2D eigenvalue weighted by atomic mass is 79.9. The molecule has 80 valence electrons. The van der Waals surface area contributed by atoms with E-state index in [1.54, 1.807) is 12.1 Å². The van der Waals surface area contributed by atoms with Gasteiger partial charge in [-0.1, -0.05) is 19.6 Å². The van der Waals surface area contributed by atoms with Gasteiger partial charge >= 0.3 is 0 Å². The second-order valence-electron chi connectivity index (χ2n) is 4.25. The Morgan fingerprint density at radius 2 is 2.00 bits per heavy atom. The molecular formula is C11H13BrFNSi. The minimum atomic E-state index is -1.36. The van der Waals surface area contributed by atoms with Crippen LogP contribution in [0.1, 0.15) is 0 Å². The van der Waals surface area contributed by atoms with Crippen LogP contribution >= 0.6 is 15.9 Å². The van der Waals surface area contributed by atoms with Crippen LogP contribution < -0.4 is 5.32 Å². The van der Waals surface area contributed by atoms with Crippen LogP contribution in [0.15, 0.2) is 22.7 Å². The molecule has 0 saturated heterocycles. The molecule has 0 heterocycles. The van der Waals surface area contributed by atoms with E-state index in [0.717, 1.165) is 0 Å². The average Bonchev–Trinajstić information content (AvgIpc) is 2.09. The first-order valence-corrected chi connectivity index (χ1v) is 8.91. The van der Waals surface area contributed by atoms with Crippen molar-refractivity contribution in [2.75, 3.05) is 5.32 Å². The SMILES string of the molecule is C[Si](C)(C)C#CNc1ccc(Br)c(F)c1. The molecule has 4 heteroatoms. The van der Waals surface area contributed by atoms with E-state index in [4.69, 9.17) is 0 Å². The first-order valence-electron chi connectivity index (χ1n) is 4.62. The Bertz CT molecular complexity index is 415. The molecular weight excluding hydrogens is 273 g/mol. The highest BCUT2D eigenvalue weighted by Gasteiger charge is 2.07. The van der Waals surface area contributed by atoms with E-state index in [0.29, 0.717) is 10.2 Å². The van der Waals surface area contributed by atoms with E-state index in [1.165, 1.54) is 6.07 Å². The molecule has 0 fully saturated rings. The molecule has 0 unspecified atom stereocenters. The predicted octanol–water partition coefficient (Wildman–Crippen LogP) is 3.84. The fourth-order valence-corrected chi connectivity index (χ4v) is 1.55. The van der Waals surface area contributed by atoms with Gasteiger partial charge in [0.05, 0.1) is 4.47 Å². The van der Waals surface area contributed by atoms with Gasteiger partial charge in [-0.3, -0.25) is 0 Å². The van der Waals surface area contributed by atoms with E-state index in [9.17, 15) is 4.39 Å². The van der Waals surface area contributed by atoms with Crippen LogP contribution in [0.2, 0.25) is 19.6 Å². The summed E-state index contributed by atoms with van der Waals surface area (Å²) in [6, 6.07) is 7.73. The smallest absolute Gasteiger partial charge is 0.139 e. The quantitative estimate of drug-likeness (QED) is 0.470. The van der Waals surface area contributed by atoms with Crippen molar-refractivity contribution < 1.29 is 4.39 Å². The van der Waals surface area contributed by atoms with Crippen LogP contribution in [-0.4, -0.2) is 8.07 Å². The van der Waals surface area contributed by atoms with Gasteiger partial charge < -0.3 is 5.32 Å². The molecule has 0 saturated carbocycles. The standard InChI is InChI=1S/C11H13BrFNSi/c1-15(2,3)7-6-14-9-4-5-10(12)11(13)8-9/h4-5,8,14H,1-3H3. The number of anilines is 1. The zero-order valence-electron chi connectivity index (χ0n) is 8.99. The van der Waals surface area contributed by atoms with Crippen LogP contribution in [0, 0.1) is 17.4 Å². The van der Waals surface area contributed by atoms with E-state index in [2.05, 4.69) is 52.5 Å². The highest BCUT2D eigenvalue weighted by molar-refractivity contribution is 9.10. The molecule has 1 aromatic rings. The summed E-state index contributed by atoms with van der Waals surface area (Å²) >= 11 is 3.10. The van der Waals surface area contributed by atoms with E-state index in [-0.39, 0.29) is 5.82 Å². The first-order chi connectivity index (χ1) is 6.88. The third-order valence-electron chi connectivity index (χ3n) is 1.56. The van der Waals surface area contributed by atoms with Gasteiger partial charge in [0.15, 0.2) is 0 Å². The van der Waals surface area contributed by atoms with Crippen LogP contribution in [0.5, 0.6) is 0 Å². The van der Waals surface area contributed by atoms with Gasteiger partial charge in [-0.05, 0) is 34.1 Å². The predicted molar refractivity (Wildman–Crippen MR) is 68.8 cm³/mol. The molecule has 1 nitrogen and oxygen atoms in total. The molecule has 0 radical (unpaired) electrons. The van der Waals surface area contributed by atoms with Gasteiger partial charge in [-0.25, -0.2) is 4.39 Å². The highest BCUT2D eigenvalue weighted by Crippen LogP contribution is 2.18. The second kappa shape index (κ2) is 4.82. The molecule has 1 rings (SSSR count). The summed E-state index contributed by atoms with van der Waals surface area (Å²) in [5.74, 6) is -0.283. The minimum Gasteiger partial charge on any atom is -0.315 e. The van der Waals surface area contributed by atoms with Crippen LogP contribution in [-0.2, 0) is 0 Å². The first kappa shape index (κ1) is 12.3. The molecule has 0 spiro atoms. The summed E-state index contributed by atoms with van der Waals surface area (Å²) in [7, 11) is -1.36. The average molecular weight is 286 g/mol. The zero-order valence-corrected chi connectivity index (χ0v) is 11.6. The third-order valence-corrected chi connectivity index (χ3v) is 3.08. The number of benzene rings is 1. The lowest BCUT2D eigenvalue weighted by Gasteiger charge is -2.04. The molecule has 0 aliphatic rings. The maximum atomic E-state index is 13.1. The normalized spacial score (nSPS) is 10.5. The second-order valence-corrected chi connectivity index (χ2v) is 9.86. The summed E-state index contributed by atoms with van der Waals surface area (Å²) in [6.45, 7) is 6.47. The van der Waals surface area contributed by atoms with Gasteiger partial charge in [0, 0.05) is 11.7 Å². The number of hydrogen-bond acceptors (Lipinski definition) is 1. The maximum absolute atomic E-state index is 13.1. The number of nitrogens with one attached hydrogen (secondary N) is 1. The summed E-state index contributed by atoms with van der Waals surface area (Å²) < 4.78 is 13.6. The van der Waals surface area contributed by atoms with E-state index in [1.807, 2.05) is 0 Å². The Kier molecular flexibility index (Phi) is 3.94. The number of rotatable bonds is 1. The summed E-state index contributed by atoms with van der Waals surface area (Å²) in [5, 5.41) is 2.88. The minimum absolute atomic E-state index is 0.283. The Hall–Kier alpha value is -0.793. The molecule has 1 aromatic carbocycles. The van der Waals surface area contributed by atoms with Crippen molar-refractivity contribution >= 4 is 29.7 Å². The Morgan fingerprint density at radius 3 is 2.53 bits per heavy atom. The molecule has 0 aromatic heterocycles. The molecule has 0 bridgehead atoms. The van der Waals surface area contributed by atoms with Gasteiger partial charge in [-0.15, -0.1) is 5.54 Å². The number of hydrogen-bond donors (Lipinski definition) is 1. The molecule has 0 amide bonds. The summed E-state index contributed by atoms with van der Waals surface area (Å²) in [4.78, 5) is 0. The van der Waals surface area contributed by atoms with Gasteiger partial charge in [-0.2, -0.15) is 0 Å². The molecule has 15 heavy (non-hydrogen) atoms. The monoisotopic (exact) mass is 285 g/mol. The van der Waals surface area contributed by atoms with Crippen molar-refractivity contribution in [1.29, 1.82) is 0 Å². The largest absolute Gasteiger partial charge is 0.315 e. The number of halogens is 2. The van der Waals surface area contributed by atoms with Crippen molar-refractivity contribution in [1.82, 2.24) is 0 Å². The lowest BCUT2D eigenvalue weighted by Crippen LogP contribution is -2.16. The lowest BCUT2D eigenvalue weighted by molar-refractivity contribution is 0.622. The Labute approximate surface area is 99.2 Å². The van der Waals surface area contributed by atoms with Gasteiger partial charge in [0.1, 0.15) is 13.9 Å². The van der Waals surface area contributed by atoms with Crippen molar-refractivity contribution in [2.45, 2.75) is 19.6 Å². The topological polar surface area (TPSA) is 12.0 Å². The molecule has 0 aliphatic heterocycles. The zero-order chi connectivity index (χ0) is 11.5. The van der Waals surface area contributed by atoms with Gasteiger partial charge in [0.25, 0.3) is 0 Å².